The number of benzene rings is 2. The summed E-state index contributed by atoms with van der Waals surface area (Å²) in [5.41, 5.74) is 1.26. The molecule has 0 radical (unpaired) electrons. The fourth-order valence-corrected chi connectivity index (χ4v) is 2.80. The van der Waals surface area contributed by atoms with Gasteiger partial charge in [0.15, 0.2) is 0 Å². The maximum atomic E-state index is 12.1. The molecule has 4 nitrogen and oxygen atoms in total. The Labute approximate surface area is 128 Å². The molecular formula is C18H17NO3. The number of para-hydroxylation sites is 1. The molecule has 1 heterocycles. The highest BCUT2D eigenvalue weighted by molar-refractivity contribution is 5.94. The van der Waals surface area contributed by atoms with E-state index in [9.17, 15) is 9.90 Å². The smallest absolute Gasteiger partial charge is 0.318 e. The molecule has 0 amide bonds. The number of hydrogen-bond acceptors (Lipinski definition) is 2. The number of H-pyrrole nitrogens is 1. The van der Waals surface area contributed by atoms with E-state index in [1.54, 1.807) is 44.5 Å². The van der Waals surface area contributed by atoms with Crippen molar-refractivity contribution in [2.75, 3.05) is 7.11 Å². The number of aromatic nitrogens is 1. The lowest BCUT2D eigenvalue weighted by Gasteiger charge is -2.25. The molecule has 2 N–H and O–H groups in total. The summed E-state index contributed by atoms with van der Waals surface area (Å²) in [5.74, 6) is -0.183. The predicted octanol–water partition coefficient (Wildman–Crippen LogP) is 3.57. The number of aromatic amines is 1. The van der Waals surface area contributed by atoms with Crippen molar-refractivity contribution in [3.63, 3.8) is 0 Å². The Bertz CT molecular complexity index is 820. The molecule has 0 aliphatic rings. The second-order valence-electron chi connectivity index (χ2n) is 5.41. The zero-order valence-corrected chi connectivity index (χ0v) is 12.5. The topological polar surface area (TPSA) is 62.3 Å². The van der Waals surface area contributed by atoms with Crippen molar-refractivity contribution in [1.29, 1.82) is 0 Å². The summed E-state index contributed by atoms with van der Waals surface area (Å²) in [5, 5.41) is 10.8. The summed E-state index contributed by atoms with van der Waals surface area (Å²) in [6.07, 6.45) is 1.78. The maximum Gasteiger partial charge on any atom is 0.318 e. The number of ether oxygens (including phenoxy) is 1. The summed E-state index contributed by atoms with van der Waals surface area (Å²) < 4.78 is 5.15. The number of carboxylic acids is 1. The van der Waals surface area contributed by atoms with Crippen LogP contribution in [0.4, 0.5) is 0 Å². The number of aliphatic carboxylic acids is 1. The minimum Gasteiger partial charge on any atom is -0.497 e. The molecule has 22 heavy (non-hydrogen) atoms. The van der Waals surface area contributed by atoms with Crippen molar-refractivity contribution in [3.05, 3.63) is 65.9 Å². The van der Waals surface area contributed by atoms with Crippen LogP contribution in [0.5, 0.6) is 5.75 Å². The molecule has 3 aromatic rings. The highest BCUT2D eigenvalue weighted by Crippen LogP contribution is 2.37. The lowest BCUT2D eigenvalue weighted by molar-refractivity contribution is -0.141. The molecule has 1 atom stereocenters. The Morgan fingerprint density at radius 2 is 1.82 bits per heavy atom. The minimum absolute atomic E-state index is 0.704. The van der Waals surface area contributed by atoms with Crippen molar-refractivity contribution >= 4 is 16.9 Å². The van der Waals surface area contributed by atoms with Crippen molar-refractivity contribution in [3.8, 4) is 5.75 Å². The SMILES string of the molecule is COc1ccc(C(C)(C(=O)O)c2c[nH]c3ccccc23)cc1. The van der Waals surface area contributed by atoms with Gasteiger partial charge in [-0.05, 0) is 36.2 Å². The third-order valence-electron chi connectivity index (χ3n) is 4.22. The van der Waals surface area contributed by atoms with Crippen molar-refractivity contribution in [1.82, 2.24) is 4.98 Å². The summed E-state index contributed by atoms with van der Waals surface area (Å²) >= 11 is 0. The van der Waals surface area contributed by atoms with Crippen LogP contribution in [-0.4, -0.2) is 23.2 Å². The monoisotopic (exact) mass is 295 g/mol. The summed E-state index contributed by atoms with van der Waals surface area (Å²) in [4.78, 5) is 15.2. The summed E-state index contributed by atoms with van der Waals surface area (Å²) in [6, 6.07) is 14.9. The van der Waals surface area contributed by atoms with E-state index in [0.717, 1.165) is 16.5 Å². The van der Waals surface area contributed by atoms with Crippen molar-refractivity contribution < 1.29 is 14.6 Å². The van der Waals surface area contributed by atoms with Crippen LogP contribution in [0.2, 0.25) is 0 Å². The molecule has 1 aromatic heterocycles. The lowest BCUT2D eigenvalue weighted by Crippen LogP contribution is -2.33. The first-order valence-corrected chi connectivity index (χ1v) is 7.02. The average Bonchev–Trinajstić information content (AvgIpc) is 2.98. The van der Waals surface area contributed by atoms with Gasteiger partial charge in [-0.1, -0.05) is 30.3 Å². The van der Waals surface area contributed by atoms with E-state index in [4.69, 9.17) is 4.74 Å². The fraction of sp³-hybridized carbons (Fsp3) is 0.167. The number of fused-ring (bicyclic) bond motifs is 1. The molecule has 0 aliphatic heterocycles. The van der Waals surface area contributed by atoms with Crippen LogP contribution in [0.1, 0.15) is 18.1 Å². The Hall–Kier alpha value is -2.75. The molecule has 0 aliphatic carbocycles. The number of nitrogens with one attached hydrogen (secondary N) is 1. The zero-order chi connectivity index (χ0) is 15.7. The number of hydrogen-bond donors (Lipinski definition) is 2. The lowest BCUT2D eigenvalue weighted by atomic mass is 9.76. The molecule has 3 rings (SSSR count). The Kier molecular flexibility index (Phi) is 3.37. The van der Waals surface area contributed by atoms with Crippen LogP contribution < -0.4 is 4.74 Å². The Morgan fingerprint density at radius 1 is 1.14 bits per heavy atom. The van der Waals surface area contributed by atoms with Crippen LogP contribution in [0, 0.1) is 0 Å². The standard InChI is InChI=1S/C18H17NO3/c1-18(17(20)21,12-7-9-13(22-2)10-8-12)15-11-19-16-6-4-3-5-14(15)16/h3-11,19H,1-2H3,(H,20,21). The van der Waals surface area contributed by atoms with E-state index in [2.05, 4.69) is 4.98 Å². The first-order chi connectivity index (χ1) is 10.6. The van der Waals surface area contributed by atoms with Gasteiger partial charge in [0.05, 0.1) is 7.11 Å². The number of methoxy groups -OCH3 is 1. The maximum absolute atomic E-state index is 12.1. The van der Waals surface area contributed by atoms with Crippen LogP contribution in [0.15, 0.2) is 54.7 Å². The highest BCUT2D eigenvalue weighted by Gasteiger charge is 2.39. The molecule has 112 valence electrons. The third kappa shape index (κ3) is 2.04. The quantitative estimate of drug-likeness (QED) is 0.773. The molecule has 0 spiro atoms. The number of carboxylic acid groups (broad SMARTS) is 1. The van der Waals surface area contributed by atoms with E-state index in [0.29, 0.717) is 11.3 Å². The first kappa shape index (κ1) is 14.2. The van der Waals surface area contributed by atoms with Crippen LogP contribution in [0.25, 0.3) is 10.9 Å². The van der Waals surface area contributed by atoms with Gasteiger partial charge in [0.25, 0.3) is 0 Å². The summed E-state index contributed by atoms with van der Waals surface area (Å²) in [6.45, 7) is 1.73. The van der Waals surface area contributed by atoms with Gasteiger partial charge >= 0.3 is 5.97 Å². The predicted molar refractivity (Wildman–Crippen MR) is 85.4 cm³/mol. The van der Waals surface area contributed by atoms with E-state index < -0.39 is 11.4 Å². The van der Waals surface area contributed by atoms with E-state index in [1.165, 1.54) is 0 Å². The Balaban J connectivity index is 2.21. The number of rotatable bonds is 4. The molecule has 4 heteroatoms. The van der Waals surface area contributed by atoms with Gasteiger partial charge < -0.3 is 14.8 Å². The van der Waals surface area contributed by atoms with E-state index >= 15 is 0 Å². The molecule has 0 bridgehead atoms. The van der Waals surface area contributed by atoms with Gasteiger partial charge in [0.2, 0.25) is 0 Å². The second kappa shape index (κ2) is 5.22. The normalized spacial score (nSPS) is 13.7. The minimum atomic E-state index is -1.13. The largest absolute Gasteiger partial charge is 0.497 e. The fourth-order valence-electron chi connectivity index (χ4n) is 2.80. The van der Waals surface area contributed by atoms with Crippen molar-refractivity contribution in [2.24, 2.45) is 0 Å². The average molecular weight is 295 g/mol. The molecule has 0 saturated carbocycles. The van der Waals surface area contributed by atoms with Gasteiger partial charge in [-0.3, -0.25) is 4.79 Å². The van der Waals surface area contributed by atoms with Crippen LogP contribution >= 0.6 is 0 Å². The van der Waals surface area contributed by atoms with Crippen LogP contribution in [0.3, 0.4) is 0 Å². The van der Waals surface area contributed by atoms with E-state index in [1.807, 2.05) is 24.3 Å². The second-order valence-corrected chi connectivity index (χ2v) is 5.41. The Morgan fingerprint density at radius 3 is 2.45 bits per heavy atom. The third-order valence-corrected chi connectivity index (χ3v) is 4.22. The summed E-state index contributed by atoms with van der Waals surface area (Å²) in [7, 11) is 1.59. The zero-order valence-electron chi connectivity index (χ0n) is 12.5. The van der Waals surface area contributed by atoms with Crippen molar-refractivity contribution in [2.45, 2.75) is 12.3 Å². The van der Waals surface area contributed by atoms with Gasteiger partial charge in [-0.15, -0.1) is 0 Å². The van der Waals surface area contributed by atoms with Gasteiger partial charge in [0.1, 0.15) is 11.2 Å². The number of carbonyl (C=O) groups is 1. The molecule has 0 saturated heterocycles. The molecule has 1 unspecified atom stereocenters. The first-order valence-electron chi connectivity index (χ1n) is 7.02. The van der Waals surface area contributed by atoms with Gasteiger partial charge in [-0.2, -0.15) is 0 Å². The van der Waals surface area contributed by atoms with Crippen LogP contribution in [-0.2, 0) is 10.2 Å². The van der Waals surface area contributed by atoms with Gasteiger partial charge in [0, 0.05) is 17.1 Å². The molecular weight excluding hydrogens is 278 g/mol. The molecule has 2 aromatic carbocycles. The highest BCUT2D eigenvalue weighted by atomic mass is 16.5. The van der Waals surface area contributed by atoms with E-state index in [-0.39, 0.29) is 0 Å². The van der Waals surface area contributed by atoms with Gasteiger partial charge in [-0.25, -0.2) is 0 Å². The molecule has 0 fully saturated rings.